The predicted octanol–water partition coefficient (Wildman–Crippen LogP) is 3.05. The van der Waals surface area contributed by atoms with E-state index in [1.165, 1.54) is 12.1 Å². The van der Waals surface area contributed by atoms with Crippen molar-refractivity contribution in [2.24, 2.45) is 0 Å². The highest BCUT2D eigenvalue weighted by molar-refractivity contribution is 5.34. The Morgan fingerprint density at radius 1 is 1.41 bits per heavy atom. The standard InChI is InChI=1S/C14H20FNO/c1-3-8-16-10-14(6-7-14)17-13-5-4-12(15)9-11(13)2/h4-5,9,16H,3,6-8,10H2,1-2H3. The van der Waals surface area contributed by atoms with Crippen LogP contribution in [0.15, 0.2) is 18.2 Å². The minimum absolute atomic E-state index is 0.0439. The van der Waals surface area contributed by atoms with Gasteiger partial charge in [0.25, 0.3) is 0 Å². The summed E-state index contributed by atoms with van der Waals surface area (Å²) < 4.78 is 19.0. The second-order valence-electron chi connectivity index (χ2n) is 4.87. The number of hydrogen-bond acceptors (Lipinski definition) is 2. The van der Waals surface area contributed by atoms with E-state index in [2.05, 4.69) is 12.2 Å². The fourth-order valence-corrected chi connectivity index (χ4v) is 1.91. The van der Waals surface area contributed by atoms with Gasteiger partial charge in [-0.1, -0.05) is 6.92 Å². The van der Waals surface area contributed by atoms with Crippen LogP contribution in [0.25, 0.3) is 0 Å². The van der Waals surface area contributed by atoms with Crippen LogP contribution in [-0.4, -0.2) is 18.7 Å². The molecule has 3 heteroatoms. The first-order valence-corrected chi connectivity index (χ1v) is 6.31. The van der Waals surface area contributed by atoms with Crippen molar-refractivity contribution in [2.75, 3.05) is 13.1 Å². The highest BCUT2D eigenvalue weighted by Crippen LogP contribution is 2.40. The van der Waals surface area contributed by atoms with E-state index < -0.39 is 0 Å². The zero-order chi connectivity index (χ0) is 12.3. The molecule has 0 saturated heterocycles. The average molecular weight is 237 g/mol. The van der Waals surface area contributed by atoms with Gasteiger partial charge in [0.2, 0.25) is 0 Å². The van der Waals surface area contributed by atoms with Crippen LogP contribution in [0.4, 0.5) is 4.39 Å². The molecule has 0 heterocycles. The summed E-state index contributed by atoms with van der Waals surface area (Å²) in [5, 5.41) is 3.39. The second-order valence-corrected chi connectivity index (χ2v) is 4.87. The van der Waals surface area contributed by atoms with E-state index in [9.17, 15) is 4.39 Å². The van der Waals surface area contributed by atoms with Crippen molar-refractivity contribution in [3.05, 3.63) is 29.6 Å². The summed E-state index contributed by atoms with van der Waals surface area (Å²) in [5.74, 6) is 0.603. The third-order valence-corrected chi connectivity index (χ3v) is 3.15. The van der Waals surface area contributed by atoms with Crippen molar-refractivity contribution in [3.63, 3.8) is 0 Å². The van der Waals surface area contributed by atoms with Gasteiger partial charge >= 0.3 is 0 Å². The van der Waals surface area contributed by atoms with Gasteiger partial charge in [0.1, 0.15) is 17.2 Å². The minimum atomic E-state index is -0.205. The number of benzene rings is 1. The zero-order valence-electron chi connectivity index (χ0n) is 10.6. The molecule has 1 aliphatic rings. The molecular weight excluding hydrogens is 217 g/mol. The van der Waals surface area contributed by atoms with Crippen LogP contribution in [0.2, 0.25) is 0 Å². The SMILES string of the molecule is CCCNCC1(Oc2ccc(F)cc2C)CC1. The first-order valence-electron chi connectivity index (χ1n) is 6.31. The Kier molecular flexibility index (Phi) is 3.67. The molecule has 1 N–H and O–H groups in total. The molecule has 0 bridgehead atoms. The highest BCUT2D eigenvalue weighted by Gasteiger charge is 2.45. The van der Waals surface area contributed by atoms with Crippen LogP contribution >= 0.6 is 0 Å². The molecule has 2 nitrogen and oxygen atoms in total. The van der Waals surface area contributed by atoms with E-state index in [4.69, 9.17) is 4.74 Å². The quantitative estimate of drug-likeness (QED) is 0.768. The first-order chi connectivity index (χ1) is 8.15. The molecule has 0 aliphatic heterocycles. The van der Waals surface area contributed by atoms with Crippen LogP contribution in [0.1, 0.15) is 31.7 Å². The van der Waals surface area contributed by atoms with Crippen molar-refractivity contribution in [1.82, 2.24) is 5.32 Å². The largest absolute Gasteiger partial charge is 0.486 e. The van der Waals surface area contributed by atoms with Gasteiger partial charge in [0.15, 0.2) is 0 Å². The summed E-state index contributed by atoms with van der Waals surface area (Å²) in [5.41, 5.74) is 0.823. The molecule has 0 atom stereocenters. The van der Waals surface area contributed by atoms with E-state index in [0.717, 1.165) is 43.7 Å². The average Bonchev–Trinajstić information content (AvgIpc) is 3.03. The number of rotatable bonds is 6. The van der Waals surface area contributed by atoms with Crippen LogP contribution in [0, 0.1) is 12.7 Å². The van der Waals surface area contributed by atoms with Crippen molar-refractivity contribution in [3.8, 4) is 5.75 Å². The second kappa shape index (κ2) is 5.05. The molecule has 2 rings (SSSR count). The lowest BCUT2D eigenvalue weighted by molar-refractivity contribution is 0.174. The molecule has 0 aromatic heterocycles. The zero-order valence-corrected chi connectivity index (χ0v) is 10.6. The van der Waals surface area contributed by atoms with Crippen molar-refractivity contribution in [1.29, 1.82) is 0 Å². The van der Waals surface area contributed by atoms with E-state index in [-0.39, 0.29) is 11.4 Å². The van der Waals surface area contributed by atoms with E-state index >= 15 is 0 Å². The predicted molar refractivity (Wildman–Crippen MR) is 66.9 cm³/mol. The summed E-state index contributed by atoms with van der Waals surface area (Å²) >= 11 is 0. The number of nitrogens with one attached hydrogen (secondary N) is 1. The lowest BCUT2D eigenvalue weighted by Gasteiger charge is -2.20. The topological polar surface area (TPSA) is 21.3 Å². The fourth-order valence-electron chi connectivity index (χ4n) is 1.91. The summed E-state index contributed by atoms with van der Waals surface area (Å²) in [7, 11) is 0. The van der Waals surface area contributed by atoms with Crippen molar-refractivity contribution < 1.29 is 9.13 Å². The Bertz CT molecular complexity index is 388. The molecule has 1 fully saturated rings. The molecule has 1 aliphatic carbocycles. The Morgan fingerprint density at radius 3 is 2.76 bits per heavy atom. The molecule has 1 aromatic carbocycles. The van der Waals surface area contributed by atoms with Gasteiger partial charge in [-0.3, -0.25) is 0 Å². The van der Waals surface area contributed by atoms with Gasteiger partial charge in [0, 0.05) is 6.54 Å². The van der Waals surface area contributed by atoms with E-state index in [1.54, 1.807) is 6.07 Å². The molecule has 0 spiro atoms. The summed E-state index contributed by atoms with van der Waals surface area (Å²) in [6, 6.07) is 4.70. The fraction of sp³-hybridized carbons (Fsp3) is 0.571. The number of hydrogen-bond donors (Lipinski definition) is 1. The third-order valence-electron chi connectivity index (χ3n) is 3.15. The van der Waals surface area contributed by atoms with Crippen molar-refractivity contribution in [2.45, 2.75) is 38.7 Å². The van der Waals surface area contributed by atoms with Crippen LogP contribution in [-0.2, 0) is 0 Å². The Hall–Kier alpha value is -1.09. The first kappa shape index (κ1) is 12.4. The van der Waals surface area contributed by atoms with Gasteiger partial charge in [-0.05, 0) is 56.5 Å². The smallest absolute Gasteiger partial charge is 0.123 e. The normalized spacial score (nSPS) is 16.9. The van der Waals surface area contributed by atoms with Crippen LogP contribution < -0.4 is 10.1 Å². The number of halogens is 1. The summed E-state index contributed by atoms with van der Waals surface area (Å²) in [6.07, 6.45) is 3.30. The molecular formula is C14H20FNO. The molecule has 94 valence electrons. The molecule has 1 aromatic rings. The van der Waals surface area contributed by atoms with E-state index in [0.29, 0.717) is 0 Å². The minimum Gasteiger partial charge on any atom is -0.486 e. The summed E-state index contributed by atoms with van der Waals surface area (Å²) in [4.78, 5) is 0. The molecule has 17 heavy (non-hydrogen) atoms. The van der Waals surface area contributed by atoms with Crippen LogP contribution in [0.3, 0.4) is 0 Å². The Morgan fingerprint density at radius 2 is 2.18 bits per heavy atom. The lowest BCUT2D eigenvalue weighted by atomic mass is 10.2. The Labute approximate surface area is 102 Å². The molecule has 0 amide bonds. The monoisotopic (exact) mass is 237 g/mol. The maximum atomic E-state index is 13.0. The van der Waals surface area contributed by atoms with Gasteiger partial charge in [-0.25, -0.2) is 4.39 Å². The lowest BCUT2D eigenvalue weighted by Crippen LogP contribution is -2.33. The summed E-state index contributed by atoms with van der Waals surface area (Å²) in [6.45, 7) is 5.94. The Balaban J connectivity index is 1.95. The van der Waals surface area contributed by atoms with Gasteiger partial charge in [-0.2, -0.15) is 0 Å². The number of aryl methyl sites for hydroxylation is 1. The van der Waals surface area contributed by atoms with E-state index in [1.807, 2.05) is 6.92 Å². The molecule has 0 radical (unpaired) electrons. The molecule has 1 saturated carbocycles. The maximum Gasteiger partial charge on any atom is 0.123 e. The maximum absolute atomic E-state index is 13.0. The third kappa shape index (κ3) is 3.19. The van der Waals surface area contributed by atoms with Gasteiger partial charge in [0.05, 0.1) is 0 Å². The number of ether oxygens (including phenoxy) is 1. The van der Waals surface area contributed by atoms with Gasteiger partial charge in [-0.15, -0.1) is 0 Å². The van der Waals surface area contributed by atoms with Crippen LogP contribution in [0.5, 0.6) is 5.75 Å². The van der Waals surface area contributed by atoms with Gasteiger partial charge < -0.3 is 10.1 Å². The van der Waals surface area contributed by atoms with Crippen molar-refractivity contribution >= 4 is 0 Å². The highest BCUT2D eigenvalue weighted by atomic mass is 19.1. The molecule has 0 unspecified atom stereocenters.